The van der Waals surface area contributed by atoms with Crippen LogP contribution in [0.25, 0.3) is 21.7 Å². The van der Waals surface area contributed by atoms with Crippen molar-refractivity contribution in [1.82, 2.24) is 4.98 Å². The lowest BCUT2D eigenvalue weighted by Crippen LogP contribution is -1.95. The first-order valence-corrected chi connectivity index (χ1v) is 9.46. The zero-order valence-electron chi connectivity index (χ0n) is 16.1. The summed E-state index contributed by atoms with van der Waals surface area (Å²) >= 11 is 1.31. The minimum absolute atomic E-state index is 0.396. The second kappa shape index (κ2) is 8.75. The Bertz CT molecular complexity index is 940. The van der Waals surface area contributed by atoms with Gasteiger partial charge in [0.15, 0.2) is 22.8 Å². The molecule has 7 heteroatoms. The predicted octanol–water partition coefficient (Wildman–Crippen LogP) is 4.71. The van der Waals surface area contributed by atoms with Gasteiger partial charge in [-0.15, -0.1) is 11.3 Å². The minimum atomic E-state index is 0.396. The van der Waals surface area contributed by atoms with Crippen LogP contribution in [-0.2, 0) is 0 Å². The Morgan fingerprint density at radius 1 is 0.964 bits per heavy atom. The first-order valence-electron chi connectivity index (χ1n) is 8.64. The number of thiazole rings is 1. The summed E-state index contributed by atoms with van der Waals surface area (Å²) in [4.78, 5) is 16.7. The molecule has 0 bridgehead atoms. The Kier molecular flexibility index (Phi) is 6.16. The molecule has 0 atom stereocenters. The van der Waals surface area contributed by atoms with E-state index < -0.39 is 0 Å². The molecule has 0 aliphatic carbocycles. The number of nitrogens with zero attached hydrogens (tertiary/aromatic N) is 1. The van der Waals surface area contributed by atoms with Crippen LogP contribution in [0.3, 0.4) is 0 Å². The highest BCUT2D eigenvalue weighted by Gasteiger charge is 2.20. The van der Waals surface area contributed by atoms with E-state index in [1.807, 2.05) is 43.3 Å². The first kappa shape index (κ1) is 19.7. The number of benzene rings is 2. The van der Waals surface area contributed by atoms with Crippen molar-refractivity contribution in [1.29, 1.82) is 0 Å². The number of aromatic nitrogens is 1. The van der Waals surface area contributed by atoms with Crippen LogP contribution < -0.4 is 18.9 Å². The molecule has 0 aliphatic rings. The molecule has 0 saturated heterocycles. The Labute approximate surface area is 167 Å². The second-order valence-corrected chi connectivity index (χ2v) is 6.75. The molecule has 0 unspecified atom stereocenters. The predicted molar refractivity (Wildman–Crippen MR) is 109 cm³/mol. The molecular formula is C21H21NO5S. The van der Waals surface area contributed by atoms with Gasteiger partial charge >= 0.3 is 0 Å². The molecule has 3 aromatic rings. The molecule has 3 rings (SSSR count). The fourth-order valence-corrected chi connectivity index (χ4v) is 3.76. The summed E-state index contributed by atoms with van der Waals surface area (Å²) in [5.41, 5.74) is 2.42. The van der Waals surface area contributed by atoms with Gasteiger partial charge in [0, 0.05) is 11.1 Å². The Morgan fingerprint density at radius 3 is 2.11 bits per heavy atom. The van der Waals surface area contributed by atoms with Crippen molar-refractivity contribution < 1.29 is 23.7 Å². The fraction of sp³-hybridized carbons (Fsp3) is 0.238. The maximum atomic E-state index is 11.4. The number of hydrogen-bond acceptors (Lipinski definition) is 7. The molecule has 1 aromatic heterocycles. The lowest BCUT2D eigenvalue weighted by atomic mass is 10.1. The maximum absolute atomic E-state index is 11.4. The molecule has 0 radical (unpaired) electrons. The van der Waals surface area contributed by atoms with Gasteiger partial charge in [0.2, 0.25) is 5.75 Å². The molecular weight excluding hydrogens is 378 g/mol. The molecule has 1 heterocycles. The molecule has 0 aliphatic heterocycles. The number of rotatable bonds is 8. The van der Waals surface area contributed by atoms with Crippen LogP contribution in [0.1, 0.15) is 16.7 Å². The molecule has 0 saturated carbocycles. The maximum Gasteiger partial charge on any atom is 0.203 e. The van der Waals surface area contributed by atoms with Crippen LogP contribution in [-0.4, -0.2) is 39.2 Å². The molecule has 0 N–H and O–H groups in total. The number of ether oxygens (including phenoxy) is 4. The summed E-state index contributed by atoms with van der Waals surface area (Å²) in [5.74, 6) is 2.37. The van der Waals surface area contributed by atoms with E-state index >= 15 is 0 Å². The van der Waals surface area contributed by atoms with Gasteiger partial charge in [-0.25, -0.2) is 4.98 Å². The summed E-state index contributed by atoms with van der Waals surface area (Å²) in [5, 5.41) is 0.396. The number of methoxy groups -OCH3 is 3. The summed E-state index contributed by atoms with van der Waals surface area (Å²) in [6.45, 7) is 2.54. The van der Waals surface area contributed by atoms with Gasteiger partial charge in [-0.1, -0.05) is 0 Å². The van der Waals surface area contributed by atoms with Crippen molar-refractivity contribution in [2.75, 3.05) is 27.9 Å². The number of carbonyl (C=O) groups is 1. The molecule has 28 heavy (non-hydrogen) atoms. The lowest BCUT2D eigenvalue weighted by molar-refractivity contribution is 0.112. The van der Waals surface area contributed by atoms with Crippen LogP contribution in [0, 0.1) is 0 Å². The van der Waals surface area contributed by atoms with Crippen molar-refractivity contribution in [2.24, 2.45) is 0 Å². The first-order chi connectivity index (χ1) is 13.6. The summed E-state index contributed by atoms with van der Waals surface area (Å²) in [6.07, 6.45) is 0.754. The van der Waals surface area contributed by atoms with E-state index in [1.54, 1.807) is 21.3 Å². The summed E-state index contributed by atoms with van der Waals surface area (Å²) in [7, 11) is 4.69. The van der Waals surface area contributed by atoms with Crippen LogP contribution in [0.4, 0.5) is 0 Å². The lowest BCUT2D eigenvalue weighted by Gasteiger charge is -2.14. The van der Waals surface area contributed by atoms with Gasteiger partial charge in [0.1, 0.15) is 5.75 Å². The number of hydrogen-bond donors (Lipinski definition) is 0. The van der Waals surface area contributed by atoms with E-state index in [-0.39, 0.29) is 0 Å². The zero-order valence-corrected chi connectivity index (χ0v) is 17.0. The van der Waals surface area contributed by atoms with E-state index in [0.717, 1.165) is 28.0 Å². The molecule has 0 amide bonds. The minimum Gasteiger partial charge on any atom is -0.494 e. The van der Waals surface area contributed by atoms with Crippen LogP contribution in [0.15, 0.2) is 36.4 Å². The van der Waals surface area contributed by atoms with Crippen molar-refractivity contribution >= 4 is 17.6 Å². The zero-order chi connectivity index (χ0) is 20.1. The largest absolute Gasteiger partial charge is 0.494 e. The monoisotopic (exact) mass is 399 g/mol. The third-order valence-electron chi connectivity index (χ3n) is 4.11. The van der Waals surface area contributed by atoms with Crippen LogP contribution in [0.2, 0.25) is 0 Å². The van der Waals surface area contributed by atoms with Gasteiger partial charge in [0.05, 0.1) is 38.5 Å². The second-order valence-electron chi connectivity index (χ2n) is 5.72. The van der Waals surface area contributed by atoms with E-state index in [9.17, 15) is 4.79 Å². The molecule has 0 fully saturated rings. The number of aldehydes is 1. The highest BCUT2D eigenvalue weighted by atomic mass is 32.1. The molecule has 0 spiro atoms. The standard InChI is InChI=1S/C21H21NO5S/c1-5-27-15-8-6-13(7-9-15)19-21(28-18(12-23)22-19)14-10-16(24-2)20(26-4)17(11-14)25-3/h6-12H,5H2,1-4H3. The summed E-state index contributed by atoms with van der Waals surface area (Å²) < 4.78 is 21.8. The van der Waals surface area contributed by atoms with E-state index in [2.05, 4.69) is 4.98 Å². The van der Waals surface area contributed by atoms with Gasteiger partial charge in [-0.2, -0.15) is 0 Å². The average Bonchev–Trinajstić information content (AvgIpc) is 3.18. The van der Waals surface area contributed by atoms with Crippen molar-refractivity contribution in [3.05, 3.63) is 41.4 Å². The van der Waals surface area contributed by atoms with Crippen LogP contribution >= 0.6 is 11.3 Å². The Hall–Kier alpha value is -3.06. The number of carbonyl (C=O) groups excluding carboxylic acids is 1. The molecule has 6 nitrogen and oxygen atoms in total. The third-order valence-corrected chi connectivity index (χ3v) is 5.14. The van der Waals surface area contributed by atoms with Crippen molar-refractivity contribution in [2.45, 2.75) is 6.92 Å². The van der Waals surface area contributed by atoms with E-state index in [0.29, 0.717) is 34.6 Å². The van der Waals surface area contributed by atoms with Gasteiger partial charge in [0.25, 0.3) is 0 Å². The fourth-order valence-electron chi connectivity index (χ4n) is 2.87. The van der Waals surface area contributed by atoms with Crippen molar-refractivity contribution in [3.63, 3.8) is 0 Å². The van der Waals surface area contributed by atoms with E-state index in [1.165, 1.54) is 11.3 Å². The third kappa shape index (κ3) is 3.80. The van der Waals surface area contributed by atoms with Crippen LogP contribution in [0.5, 0.6) is 23.0 Å². The Morgan fingerprint density at radius 2 is 1.61 bits per heavy atom. The SMILES string of the molecule is CCOc1ccc(-c2nc(C=O)sc2-c2cc(OC)c(OC)c(OC)c2)cc1. The smallest absolute Gasteiger partial charge is 0.203 e. The highest BCUT2D eigenvalue weighted by molar-refractivity contribution is 7.17. The Balaban J connectivity index is 2.15. The highest BCUT2D eigenvalue weighted by Crippen LogP contribution is 2.45. The van der Waals surface area contributed by atoms with Crippen molar-refractivity contribution in [3.8, 4) is 44.7 Å². The van der Waals surface area contributed by atoms with Gasteiger partial charge < -0.3 is 18.9 Å². The molecule has 2 aromatic carbocycles. The average molecular weight is 399 g/mol. The molecule has 146 valence electrons. The quantitative estimate of drug-likeness (QED) is 0.511. The topological polar surface area (TPSA) is 66.9 Å². The summed E-state index contributed by atoms with van der Waals surface area (Å²) in [6, 6.07) is 11.3. The van der Waals surface area contributed by atoms with Gasteiger partial charge in [-0.3, -0.25) is 4.79 Å². The normalized spacial score (nSPS) is 10.4. The van der Waals surface area contributed by atoms with Gasteiger partial charge in [-0.05, 0) is 43.3 Å². The van der Waals surface area contributed by atoms with E-state index in [4.69, 9.17) is 18.9 Å².